The first kappa shape index (κ1) is 10.7. The Labute approximate surface area is 102 Å². The van der Waals surface area contributed by atoms with Crippen LogP contribution in [0.4, 0.5) is 5.69 Å². The molecular formula is C10H8Cl2N2S. The number of thiazole rings is 1. The molecule has 0 amide bonds. The van der Waals surface area contributed by atoms with Crippen LogP contribution in [0.15, 0.2) is 29.1 Å². The van der Waals surface area contributed by atoms with Crippen LogP contribution in [0.5, 0.6) is 0 Å². The fourth-order valence-electron chi connectivity index (χ4n) is 1.14. The summed E-state index contributed by atoms with van der Waals surface area (Å²) in [5.41, 5.74) is 3.68. The minimum absolute atomic E-state index is 0.623. The molecule has 15 heavy (non-hydrogen) atoms. The molecule has 0 saturated heterocycles. The van der Waals surface area contributed by atoms with Gasteiger partial charge in [0.15, 0.2) is 0 Å². The Kier molecular flexibility index (Phi) is 3.46. The van der Waals surface area contributed by atoms with Crippen molar-refractivity contribution in [1.29, 1.82) is 0 Å². The van der Waals surface area contributed by atoms with Gasteiger partial charge in [0.1, 0.15) is 0 Å². The van der Waals surface area contributed by atoms with Gasteiger partial charge in [-0.15, -0.1) is 11.3 Å². The number of anilines is 1. The topological polar surface area (TPSA) is 24.9 Å². The number of hydrogen-bond donors (Lipinski definition) is 1. The van der Waals surface area contributed by atoms with Crippen molar-refractivity contribution >= 4 is 40.2 Å². The van der Waals surface area contributed by atoms with E-state index in [-0.39, 0.29) is 0 Å². The van der Waals surface area contributed by atoms with E-state index in [9.17, 15) is 0 Å². The first-order chi connectivity index (χ1) is 7.25. The van der Waals surface area contributed by atoms with Crippen LogP contribution in [0.3, 0.4) is 0 Å². The van der Waals surface area contributed by atoms with Crippen LogP contribution in [0.25, 0.3) is 0 Å². The van der Waals surface area contributed by atoms with Crippen molar-refractivity contribution in [3.63, 3.8) is 0 Å². The molecule has 0 bridgehead atoms. The molecule has 2 rings (SSSR count). The average Bonchev–Trinajstić information content (AvgIpc) is 2.69. The molecule has 0 aliphatic heterocycles. The third-order valence-electron chi connectivity index (χ3n) is 1.87. The smallest absolute Gasteiger partial charge is 0.0795 e. The number of halogens is 2. The summed E-state index contributed by atoms with van der Waals surface area (Å²) in [6, 6.07) is 5.38. The monoisotopic (exact) mass is 258 g/mol. The molecule has 5 heteroatoms. The van der Waals surface area contributed by atoms with Gasteiger partial charge in [-0.1, -0.05) is 23.2 Å². The molecule has 0 saturated carbocycles. The summed E-state index contributed by atoms with van der Waals surface area (Å²) in [5.74, 6) is 0. The van der Waals surface area contributed by atoms with Gasteiger partial charge in [-0.3, -0.25) is 0 Å². The van der Waals surface area contributed by atoms with E-state index in [1.165, 1.54) is 0 Å². The molecule has 1 N–H and O–H groups in total. The zero-order valence-electron chi connectivity index (χ0n) is 7.71. The molecule has 0 fully saturated rings. The highest BCUT2D eigenvalue weighted by molar-refractivity contribution is 7.07. The zero-order chi connectivity index (χ0) is 10.7. The predicted octanol–water partition coefficient (Wildman–Crippen LogP) is 4.06. The van der Waals surface area contributed by atoms with E-state index in [0.29, 0.717) is 16.6 Å². The Morgan fingerprint density at radius 3 is 2.87 bits per heavy atom. The lowest BCUT2D eigenvalue weighted by Crippen LogP contribution is -1.99. The predicted molar refractivity (Wildman–Crippen MR) is 65.9 cm³/mol. The molecule has 1 aromatic heterocycles. The van der Waals surface area contributed by atoms with Gasteiger partial charge in [0.05, 0.1) is 28.5 Å². The van der Waals surface area contributed by atoms with Crippen LogP contribution in [0.2, 0.25) is 10.0 Å². The van der Waals surface area contributed by atoms with Gasteiger partial charge in [-0.05, 0) is 18.2 Å². The van der Waals surface area contributed by atoms with E-state index in [0.717, 1.165) is 11.4 Å². The van der Waals surface area contributed by atoms with Gasteiger partial charge < -0.3 is 5.32 Å². The lowest BCUT2D eigenvalue weighted by atomic mass is 10.3. The summed E-state index contributed by atoms with van der Waals surface area (Å²) in [6.07, 6.45) is 0. The van der Waals surface area contributed by atoms with Crippen molar-refractivity contribution in [2.24, 2.45) is 0 Å². The van der Waals surface area contributed by atoms with Crippen LogP contribution in [0.1, 0.15) is 5.69 Å². The quantitative estimate of drug-likeness (QED) is 0.898. The number of nitrogens with one attached hydrogen (secondary N) is 1. The van der Waals surface area contributed by atoms with Crippen molar-refractivity contribution < 1.29 is 0 Å². The highest BCUT2D eigenvalue weighted by Crippen LogP contribution is 2.25. The molecule has 2 aromatic rings. The molecule has 0 atom stereocenters. The third kappa shape index (κ3) is 2.84. The maximum atomic E-state index is 6.00. The molecule has 1 heterocycles. The summed E-state index contributed by atoms with van der Waals surface area (Å²) in [7, 11) is 0. The fourth-order valence-corrected chi connectivity index (χ4v) is 2.18. The summed E-state index contributed by atoms with van der Waals surface area (Å²) < 4.78 is 0. The van der Waals surface area contributed by atoms with Gasteiger partial charge in [0.2, 0.25) is 0 Å². The standard InChI is InChI=1S/C10H8Cl2N2S/c11-7-1-2-10(9(12)3-7)13-4-8-5-15-6-14-8/h1-3,5-6,13H,4H2. The average molecular weight is 259 g/mol. The Morgan fingerprint density at radius 2 is 2.20 bits per heavy atom. The number of nitrogens with zero attached hydrogens (tertiary/aromatic N) is 1. The van der Waals surface area contributed by atoms with E-state index in [1.54, 1.807) is 29.0 Å². The highest BCUT2D eigenvalue weighted by Gasteiger charge is 2.01. The molecule has 0 unspecified atom stereocenters. The van der Waals surface area contributed by atoms with Crippen LogP contribution in [-0.2, 0) is 6.54 Å². The molecule has 0 aliphatic carbocycles. The Hall–Kier alpha value is -0.770. The lowest BCUT2D eigenvalue weighted by Gasteiger charge is -2.06. The van der Waals surface area contributed by atoms with E-state index in [1.807, 2.05) is 11.4 Å². The van der Waals surface area contributed by atoms with Gasteiger partial charge in [0.25, 0.3) is 0 Å². The number of hydrogen-bond acceptors (Lipinski definition) is 3. The summed E-state index contributed by atoms with van der Waals surface area (Å²) in [4.78, 5) is 4.17. The second kappa shape index (κ2) is 4.84. The summed E-state index contributed by atoms with van der Waals surface area (Å²) in [6.45, 7) is 0.671. The second-order valence-corrected chi connectivity index (χ2v) is 4.52. The van der Waals surface area contributed by atoms with Crippen LogP contribution in [0, 0.1) is 0 Å². The van der Waals surface area contributed by atoms with E-state index in [4.69, 9.17) is 23.2 Å². The van der Waals surface area contributed by atoms with Crippen LogP contribution in [-0.4, -0.2) is 4.98 Å². The highest BCUT2D eigenvalue weighted by atomic mass is 35.5. The van der Waals surface area contributed by atoms with Crippen molar-refractivity contribution in [2.75, 3.05) is 5.32 Å². The maximum Gasteiger partial charge on any atom is 0.0795 e. The molecule has 1 aromatic carbocycles. The van der Waals surface area contributed by atoms with Gasteiger partial charge >= 0.3 is 0 Å². The minimum atomic E-state index is 0.623. The van der Waals surface area contributed by atoms with Crippen LogP contribution < -0.4 is 5.32 Å². The Morgan fingerprint density at radius 1 is 1.33 bits per heavy atom. The molecule has 0 radical (unpaired) electrons. The van der Waals surface area contributed by atoms with Gasteiger partial charge in [-0.25, -0.2) is 4.98 Å². The first-order valence-electron chi connectivity index (χ1n) is 4.31. The maximum absolute atomic E-state index is 6.00. The van der Waals surface area contributed by atoms with Gasteiger partial charge in [-0.2, -0.15) is 0 Å². The molecule has 0 aliphatic rings. The number of rotatable bonds is 3. The molecule has 0 spiro atoms. The Balaban J connectivity index is 2.05. The third-order valence-corrected chi connectivity index (χ3v) is 3.06. The summed E-state index contributed by atoms with van der Waals surface area (Å²) in [5, 5.41) is 6.45. The summed E-state index contributed by atoms with van der Waals surface area (Å²) >= 11 is 13.4. The van der Waals surface area contributed by atoms with Crippen molar-refractivity contribution in [2.45, 2.75) is 6.54 Å². The Bertz CT molecular complexity index is 443. The largest absolute Gasteiger partial charge is 0.378 e. The second-order valence-electron chi connectivity index (χ2n) is 2.96. The molecule has 78 valence electrons. The van der Waals surface area contributed by atoms with E-state index < -0.39 is 0 Å². The van der Waals surface area contributed by atoms with Crippen LogP contribution >= 0.6 is 34.5 Å². The van der Waals surface area contributed by atoms with Crippen molar-refractivity contribution in [1.82, 2.24) is 4.98 Å². The van der Waals surface area contributed by atoms with Gasteiger partial charge in [0, 0.05) is 10.4 Å². The number of benzene rings is 1. The fraction of sp³-hybridized carbons (Fsp3) is 0.100. The lowest BCUT2D eigenvalue weighted by molar-refractivity contribution is 1.07. The van der Waals surface area contributed by atoms with E-state index in [2.05, 4.69) is 10.3 Å². The van der Waals surface area contributed by atoms with Crippen molar-refractivity contribution in [3.05, 3.63) is 44.8 Å². The normalized spacial score (nSPS) is 10.3. The zero-order valence-corrected chi connectivity index (χ0v) is 10.0. The first-order valence-corrected chi connectivity index (χ1v) is 6.01. The van der Waals surface area contributed by atoms with Crippen molar-refractivity contribution in [3.8, 4) is 0 Å². The number of aromatic nitrogens is 1. The minimum Gasteiger partial charge on any atom is -0.378 e. The SMILES string of the molecule is Clc1ccc(NCc2cscn2)c(Cl)c1. The van der Waals surface area contributed by atoms with E-state index >= 15 is 0 Å². The molecular weight excluding hydrogens is 251 g/mol. The molecule has 2 nitrogen and oxygen atoms in total.